The molecule has 0 saturated heterocycles. The number of ether oxygens (including phenoxy) is 1. The van der Waals surface area contributed by atoms with Crippen LogP contribution in [0.1, 0.15) is 38.1 Å². The van der Waals surface area contributed by atoms with E-state index in [2.05, 4.69) is 0 Å². The van der Waals surface area contributed by atoms with E-state index in [0.29, 0.717) is 11.3 Å². The fourth-order valence-corrected chi connectivity index (χ4v) is 1.70. The van der Waals surface area contributed by atoms with Gasteiger partial charge in [0.15, 0.2) is 5.78 Å². The van der Waals surface area contributed by atoms with Crippen molar-refractivity contribution in [2.75, 3.05) is 0 Å². The Morgan fingerprint density at radius 1 is 1.11 bits per heavy atom. The van der Waals surface area contributed by atoms with Gasteiger partial charge in [0.2, 0.25) is 0 Å². The number of benzene rings is 1. The van der Waals surface area contributed by atoms with Crippen LogP contribution in [0.5, 0.6) is 5.75 Å². The molecule has 1 rings (SSSR count). The number of hydrogen-bond donors (Lipinski definition) is 1. The van der Waals surface area contributed by atoms with Gasteiger partial charge in [-0.05, 0) is 26.0 Å². The number of carbonyl (C=O) groups is 2. The van der Waals surface area contributed by atoms with Crippen LogP contribution in [-0.2, 0) is 4.79 Å². The van der Waals surface area contributed by atoms with Gasteiger partial charge in [0, 0.05) is 11.5 Å². The smallest absolute Gasteiger partial charge is 0.306 e. The summed E-state index contributed by atoms with van der Waals surface area (Å²) < 4.78 is 5.52. The molecule has 0 aliphatic carbocycles. The van der Waals surface area contributed by atoms with E-state index in [-0.39, 0.29) is 11.9 Å². The van der Waals surface area contributed by atoms with Crippen molar-refractivity contribution < 1.29 is 19.4 Å². The Kier molecular flexibility index (Phi) is 5.10. The number of carboxylic acids is 1. The molecule has 0 fully saturated rings. The zero-order valence-corrected chi connectivity index (χ0v) is 11.7. The van der Waals surface area contributed by atoms with E-state index in [0.717, 1.165) is 0 Å². The molecular weight excluding hydrogens is 244 g/mol. The minimum absolute atomic E-state index is 0.0284. The van der Waals surface area contributed by atoms with Crippen LogP contribution in [0.4, 0.5) is 0 Å². The lowest BCUT2D eigenvalue weighted by Crippen LogP contribution is -2.25. The van der Waals surface area contributed by atoms with E-state index in [1.54, 1.807) is 38.1 Å². The van der Waals surface area contributed by atoms with Gasteiger partial charge in [-0.1, -0.05) is 26.0 Å². The van der Waals surface area contributed by atoms with Crippen molar-refractivity contribution in [3.05, 3.63) is 29.8 Å². The van der Waals surface area contributed by atoms with E-state index in [1.165, 1.54) is 0 Å². The molecule has 2 unspecified atom stereocenters. The van der Waals surface area contributed by atoms with E-state index in [1.807, 2.05) is 13.8 Å². The summed E-state index contributed by atoms with van der Waals surface area (Å²) in [6, 6.07) is 6.86. The summed E-state index contributed by atoms with van der Waals surface area (Å²) in [4.78, 5) is 23.1. The second-order valence-electron chi connectivity index (χ2n) is 4.97. The van der Waals surface area contributed by atoms with Crippen LogP contribution in [0.2, 0.25) is 0 Å². The molecule has 0 radical (unpaired) electrons. The van der Waals surface area contributed by atoms with Crippen molar-refractivity contribution in [1.82, 2.24) is 0 Å². The number of carbonyl (C=O) groups excluding carboxylic acids is 1. The molecule has 0 heterocycles. The molecule has 0 aliphatic heterocycles. The van der Waals surface area contributed by atoms with Crippen molar-refractivity contribution in [3.8, 4) is 5.75 Å². The third-order valence-electron chi connectivity index (χ3n) is 3.04. The summed E-state index contributed by atoms with van der Waals surface area (Å²) in [5, 5.41) is 8.94. The highest BCUT2D eigenvalue weighted by molar-refractivity contribution is 5.99. The predicted octanol–water partition coefficient (Wildman–Crippen LogP) is 3.01. The maximum atomic E-state index is 12.2. The van der Waals surface area contributed by atoms with Crippen molar-refractivity contribution in [1.29, 1.82) is 0 Å². The molecule has 1 aromatic rings. The average molecular weight is 264 g/mol. The fourth-order valence-electron chi connectivity index (χ4n) is 1.70. The van der Waals surface area contributed by atoms with Gasteiger partial charge < -0.3 is 9.84 Å². The molecule has 0 aliphatic rings. The zero-order chi connectivity index (χ0) is 14.6. The molecule has 2 atom stereocenters. The Balaban J connectivity index is 2.90. The number of rotatable bonds is 6. The average Bonchev–Trinajstić information content (AvgIpc) is 2.35. The Morgan fingerprint density at radius 2 is 1.74 bits per heavy atom. The highest BCUT2D eigenvalue weighted by atomic mass is 16.5. The van der Waals surface area contributed by atoms with Crippen molar-refractivity contribution >= 4 is 11.8 Å². The molecule has 0 bridgehead atoms. The molecule has 1 aromatic carbocycles. The van der Waals surface area contributed by atoms with Crippen LogP contribution in [0.25, 0.3) is 0 Å². The van der Waals surface area contributed by atoms with Gasteiger partial charge in [0.1, 0.15) is 5.75 Å². The summed E-state index contributed by atoms with van der Waals surface area (Å²) in [5.41, 5.74) is 0.485. The van der Waals surface area contributed by atoms with Crippen molar-refractivity contribution in [2.24, 2.45) is 11.8 Å². The van der Waals surface area contributed by atoms with Gasteiger partial charge in [0.05, 0.1) is 12.0 Å². The van der Waals surface area contributed by atoms with Crippen LogP contribution in [0.3, 0.4) is 0 Å². The number of hydrogen-bond acceptors (Lipinski definition) is 3. The summed E-state index contributed by atoms with van der Waals surface area (Å²) in [6.45, 7) is 6.99. The summed E-state index contributed by atoms with van der Waals surface area (Å²) in [7, 11) is 0. The standard InChI is InChI=1S/C15H20O4/c1-9(2)19-13-7-5-6-12(8-13)14(16)10(3)11(4)15(17)18/h5-11H,1-4H3,(H,17,18). The first kappa shape index (κ1) is 15.2. The van der Waals surface area contributed by atoms with E-state index < -0.39 is 17.8 Å². The number of aliphatic carboxylic acids is 1. The maximum absolute atomic E-state index is 12.2. The Bertz CT molecular complexity index is 465. The minimum Gasteiger partial charge on any atom is -0.491 e. The molecule has 0 spiro atoms. The SMILES string of the molecule is CC(C)Oc1cccc(C(=O)C(C)C(C)C(=O)O)c1. The van der Waals surface area contributed by atoms with Gasteiger partial charge >= 0.3 is 5.97 Å². The first-order valence-electron chi connectivity index (χ1n) is 6.36. The molecule has 0 amide bonds. The lowest BCUT2D eigenvalue weighted by Gasteiger charge is -2.16. The zero-order valence-electron chi connectivity index (χ0n) is 11.7. The summed E-state index contributed by atoms with van der Waals surface area (Å²) in [6.07, 6.45) is 0.0284. The number of carboxylic acid groups (broad SMARTS) is 1. The van der Waals surface area contributed by atoms with Crippen LogP contribution in [0.15, 0.2) is 24.3 Å². The Morgan fingerprint density at radius 3 is 2.26 bits per heavy atom. The first-order chi connectivity index (χ1) is 8.82. The molecule has 4 heteroatoms. The third-order valence-corrected chi connectivity index (χ3v) is 3.04. The predicted molar refractivity (Wildman–Crippen MR) is 72.5 cm³/mol. The summed E-state index contributed by atoms with van der Waals surface area (Å²) in [5.74, 6) is -1.79. The highest BCUT2D eigenvalue weighted by Crippen LogP contribution is 2.21. The quantitative estimate of drug-likeness (QED) is 0.802. The molecular formula is C15H20O4. The lowest BCUT2D eigenvalue weighted by molar-refractivity contribution is -0.142. The molecule has 4 nitrogen and oxygen atoms in total. The normalized spacial score (nSPS) is 13.9. The third kappa shape index (κ3) is 4.09. The monoisotopic (exact) mass is 264 g/mol. The number of Topliss-reactive ketones (excluding diaryl/α,β-unsaturated/α-hetero) is 1. The van der Waals surface area contributed by atoms with Crippen molar-refractivity contribution in [2.45, 2.75) is 33.8 Å². The van der Waals surface area contributed by atoms with Crippen LogP contribution < -0.4 is 4.74 Å². The van der Waals surface area contributed by atoms with E-state index >= 15 is 0 Å². The molecule has 19 heavy (non-hydrogen) atoms. The molecule has 0 saturated carbocycles. The lowest BCUT2D eigenvalue weighted by atomic mass is 9.88. The Hall–Kier alpha value is -1.84. The van der Waals surface area contributed by atoms with Crippen LogP contribution in [-0.4, -0.2) is 23.0 Å². The topological polar surface area (TPSA) is 63.6 Å². The largest absolute Gasteiger partial charge is 0.491 e. The van der Waals surface area contributed by atoms with Gasteiger partial charge in [0.25, 0.3) is 0 Å². The second-order valence-corrected chi connectivity index (χ2v) is 4.97. The first-order valence-corrected chi connectivity index (χ1v) is 6.36. The van der Waals surface area contributed by atoms with Crippen molar-refractivity contribution in [3.63, 3.8) is 0 Å². The van der Waals surface area contributed by atoms with Gasteiger partial charge in [-0.25, -0.2) is 0 Å². The maximum Gasteiger partial charge on any atom is 0.306 e. The van der Waals surface area contributed by atoms with Gasteiger partial charge in [-0.15, -0.1) is 0 Å². The molecule has 0 aromatic heterocycles. The fraction of sp³-hybridized carbons (Fsp3) is 0.467. The number of ketones is 1. The van der Waals surface area contributed by atoms with Gasteiger partial charge in [-0.2, -0.15) is 0 Å². The van der Waals surface area contributed by atoms with E-state index in [4.69, 9.17) is 9.84 Å². The van der Waals surface area contributed by atoms with Crippen LogP contribution in [0, 0.1) is 11.8 Å². The highest BCUT2D eigenvalue weighted by Gasteiger charge is 2.26. The van der Waals surface area contributed by atoms with Gasteiger partial charge in [-0.3, -0.25) is 9.59 Å². The van der Waals surface area contributed by atoms with E-state index in [9.17, 15) is 9.59 Å². The minimum atomic E-state index is -0.963. The second kappa shape index (κ2) is 6.36. The molecule has 1 N–H and O–H groups in total. The molecule has 104 valence electrons. The van der Waals surface area contributed by atoms with Crippen LogP contribution >= 0.6 is 0 Å². The Labute approximate surface area is 113 Å². The summed E-state index contributed by atoms with van der Waals surface area (Å²) >= 11 is 0.